The Morgan fingerprint density at radius 2 is 1.92 bits per heavy atom. The Bertz CT molecular complexity index is 338. The Morgan fingerprint density at radius 3 is 2.42 bits per heavy atom. The third kappa shape index (κ3) is 1.83. The van der Waals surface area contributed by atoms with Crippen molar-refractivity contribution in [2.24, 2.45) is 0 Å². The summed E-state index contributed by atoms with van der Waals surface area (Å²) in [5, 5.41) is -0.200. The number of nitrogen functional groups attached to an aromatic ring is 1. The lowest BCUT2D eigenvalue weighted by Crippen LogP contribution is -1.95. The minimum Gasteiger partial charge on any atom is -0.397 e. The number of rotatable bonds is 1. The standard InChI is InChI=1S/C7H4Cl3NO/c8-3-1-4(7(10)12)6(9)5(11)2-3/h1-2H,11H2. The van der Waals surface area contributed by atoms with Crippen LogP contribution in [0.15, 0.2) is 12.1 Å². The summed E-state index contributed by atoms with van der Waals surface area (Å²) >= 11 is 16.5. The average molecular weight is 224 g/mol. The molecule has 0 radical (unpaired) electrons. The lowest BCUT2D eigenvalue weighted by Gasteiger charge is -2.02. The minimum atomic E-state index is -0.672. The van der Waals surface area contributed by atoms with Crippen molar-refractivity contribution in [3.63, 3.8) is 0 Å². The summed E-state index contributed by atoms with van der Waals surface area (Å²) in [6.07, 6.45) is 0. The molecule has 0 aromatic heterocycles. The molecule has 0 saturated carbocycles. The van der Waals surface area contributed by atoms with Crippen molar-refractivity contribution < 1.29 is 4.79 Å². The molecule has 0 bridgehead atoms. The molecule has 0 aliphatic rings. The van der Waals surface area contributed by atoms with Crippen LogP contribution in [0.4, 0.5) is 5.69 Å². The lowest BCUT2D eigenvalue weighted by molar-refractivity contribution is 0.108. The number of hydrogen-bond acceptors (Lipinski definition) is 2. The van der Waals surface area contributed by atoms with Gasteiger partial charge in [0, 0.05) is 5.02 Å². The van der Waals surface area contributed by atoms with Crippen LogP contribution in [-0.4, -0.2) is 5.24 Å². The second-order valence-corrected chi connectivity index (χ2v) is 3.29. The quantitative estimate of drug-likeness (QED) is 0.589. The maximum atomic E-state index is 10.7. The molecule has 64 valence electrons. The summed E-state index contributed by atoms with van der Waals surface area (Å²) in [5.74, 6) is 0. The van der Waals surface area contributed by atoms with Crippen LogP contribution in [0.5, 0.6) is 0 Å². The monoisotopic (exact) mass is 223 g/mol. The fourth-order valence-corrected chi connectivity index (χ4v) is 1.37. The molecule has 0 aliphatic heterocycles. The number of benzene rings is 1. The highest BCUT2D eigenvalue weighted by atomic mass is 35.5. The molecule has 1 aromatic rings. The zero-order valence-corrected chi connectivity index (χ0v) is 8.04. The van der Waals surface area contributed by atoms with Crippen molar-refractivity contribution in [3.05, 3.63) is 27.7 Å². The van der Waals surface area contributed by atoms with Gasteiger partial charge in [-0.1, -0.05) is 23.2 Å². The average Bonchev–Trinajstić information content (AvgIpc) is 1.96. The highest BCUT2D eigenvalue weighted by Gasteiger charge is 2.11. The van der Waals surface area contributed by atoms with E-state index in [1.807, 2.05) is 0 Å². The number of anilines is 1. The molecular weight excluding hydrogens is 220 g/mol. The summed E-state index contributed by atoms with van der Waals surface area (Å²) in [5.41, 5.74) is 5.80. The summed E-state index contributed by atoms with van der Waals surface area (Å²) in [6.45, 7) is 0. The van der Waals surface area contributed by atoms with Crippen molar-refractivity contribution in [2.75, 3.05) is 5.73 Å². The molecule has 12 heavy (non-hydrogen) atoms. The van der Waals surface area contributed by atoms with Crippen LogP contribution in [0.2, 0.25) is 10.0 Å². The smallest absolute Gasteiger partial charge is 0.254 e. The van der Waals surface area contributed by atoms with Gasteiger partial charge in [0.15, 0.2) is 0 Å². The molecule has 0 spiro atoms. The van der Waals surface area contributed by atoms with Crippen molar-refractivity contribution in [1.82, 2.24) is 0 Å². The number of nitrogens with two attached hydrogens (primary N) is 1. The first-order valence-electron chi connectivity index (χ1n) is 2.96. The molecule has 0 saturated heterocycles. The highest BCUT2D eigenvalue weighted by Crippen LogP contribution is 2.28. The second-order valence-electron chi connectivity index (χ2n) is 2.13. The Balaban J connectivity index is 3.37. The van der Waals surface area contributed by atoms with E-state index in [0.29, 0.717) is 5.02 Å². The van der Waals surface area contributed by atoms with Crippen molar-refractivity contribution in [2.45, 2.75) is 0 Å². The van der Waals surface area contributed by atoms with Gasteiger partial charge >= 0.3 is 0 Å². The van der Waals surface area contributed by atoms with Crippen molar-refractivity contribution in [1.29, 1.82) is 0 Å². The van der Waals surface area contributed by atoms with E-state index < -0.39 is 5.24 Å². The van der Waals surface area contributed by atoms with Crippen molar-refractivity contribution in [3.8, 4) is 0 Å². The van der Waals surface area contributed by atoms with Gasteiger partial charge in [0.2, 0.25) is 0 Å². The SMILES string of the molecule is Nc1cc(Cl)cc(C(=O)Cl)c1Cl. The van der Waals surface area contributed by atoms with E-state index in [1.165, 1.54) is 12.1 Å². The summed E-state index contributed by atoms with van der Waals surface area (Å²) < 4.78 is 0. The summed E-state index contributed by atoms with van der Waals surface area (Å²) in [6, 6.07) is 2.82. The van der Waals surface area contributed by atoms with Gasteiger partial charge in [-0.3, -0.25) is 4.79 Å². The fourth-order valence-electron chi connectivity index (χ4n) is 0.753. The Hall–Kier alpha value is -0.440. The molecule has 0 amide bonds. The van der Waals surface area contributed by atoms with Gasteiger partial charge in [-0.2, -0.15) is 0 Å². The molecule has 2 nitrogen and oxygen atoms in total. The molecule has 0 atom stereocenters. The fraction of sp³-hybridized carbons (Fsp3) is 0. The topological polar surface area (TPSA) is 43.1 Å². The summed E-state index contributed by atoms with van der Waals surface area (Å²) in [7, 11) is 0. The Labute approximate surface area is 84.2 Å². The first kappa shape index (κ1) is 9.65. The van der Waals surface area contributed by atoms with Crippen LogP contribution in [0.1, 0.15) is 10.4 Å². The number of carbonyl (C=O) groups is 1. The van der Waals surface area contributed by atoms with E-state index in [9.17, 15) is 4.79 Å². The van der Waals surface area contributed by atoms with Crippen LogP contribution in [0, 0.1) is 0 Å². The zero-order valence-electron chi connectivity index (χ0n) is 5.77. The highest BCUT2D eigenvalue weighted by molar-refractivity contribution is 6.69. The third-order valence-corrected chi connectivity index (χ3v) is 2.12. The third-order valence-electron chi connectivity index (χ3n) is 1.28. The van der Waals surface area contributed by atoms with Gasteiger partial charge in [-0.05, 0) is 23.7 Å². The lowest BCUT2D eigenvalue weighted by atomic mass is 10.2. The largest absolute Gasteiger partial charge is 0.397 e. The van der Waals surface area contributed by atoms with E-state index in [0.717, 1.165) is 0 Å². The number of carbonyl (C=O) groups excluding carboxylic acids is 1. The molecule has 0 unspecified atom stereocenters. The zero-order chi connectivity index (χ0) is 9.30. The molecule has 0 heterocycles. The number of hydrogen-bond donors (Lipinski definition) is 1. The van der Waals surface area contributed by atoms with E-state index in [4.69, 9.17) is 40.5 Å². The maximum Gasteiger partial charge on any atom is 0.254 e. The van der Waals surface area contributed by atoms with Gasteiger partial charge < -0.3 is 5.73 Å². The number of halogens is 3. The van der Waals surface area contributed by atoms with Gasteiger partial charge in [0.05, 0.1) is 16.3 Å². The molecule has 0 aliphatic carbocycles. The van der Waals surface area contributed by atoms with Gasteiger partial charge in [-0.25, -0.2) is 0 Å². The minimum absolute atomic E-state index is 0.128. The van der Waals surface area contributed by atoms with Crippen LogP contribution in [-0.2, 0) is 0 Å². The van der Waals surface area contributed by atoms with E-state index in [1.54, 1.807) is 0 Å². The van der Waals surface area contributed by atoms with E-state index in [2.05, 4.69) is 0 Å². The Morgan fingerprint density at radius 1 is 1.33 bits per heavy atom. The van der Waals surface area contributed by atoms with Gasteiger partial charge in [0.1, 0.15) is 0 Å². The molecular formula is C7H4Cl3NO. The molecule has 1 rings (SSSR count). The van der Waals surface area contributed by atoms with Gasteiger partial charge in [-0.15, -0.1) is 0 Å². The summed E-state index contributed by atoms with van der Waals surface area (Å²) in [4.78, 5) is 10.7. The van der Waals surface area contributed by atoms with Crippen molar-refractivity contribution >= 4 is 45.7 Å². The Kier molecular flexibility index (Phi) is 2.83. The van der Waals surface area contributed by atoms with Crippen LogP contribution in [0.25, 0.3) is 0 Å². The first-order chi connectivity index (χ1) is 5.52. The maximum absolute atomic E-state index is 10.7. The predicted octanol–water partition coefficient (Wildman–Crippen LogP) is 2.95. The first-order valence-corrected chi connectivity index (χ1v) is 4.10. The predicted molar refractivity (Wildman–Crippen MR) is 51.1 cm³/mol. The second kappa shape index (κ2) is 3.52. The van der Waals surface area contributed by atoms with Crippen LogP contribution in [0.3, 0.4) is 0 Å². The van der Waals surface area contributed by atoms with Gasteiger partial charge in [0.25, 0.3) is 5.24 Å². The molecule has 2 N–H and O–H groups in total. The van der Waals surface area contributed by atoms with E-state index >= 15 is 0 Å². The molecule has 0 fully saturated rings. The van der Waals surface area contributed by atoms with E-state index in [-0.39, 0.29) is 16.3 Å². The normalized spacial score (nSPS) is 9.92. The molecule has 5 heteroatoms. The van der Waals surface area contributed by atoms with Crippen LogP contribution >= 0.6 is 34.8 Å². The molecule has 1 aromatic carbocycles. The van der Waals surface area contributed by atoms with Crippen LogP contribution < -0.4 is 5.73 Å².